The molecule has 1 amide bonds. The summed E-state index contributed by atoms with van der Waals surface area (Å²) < 4.78 is 10.1. The molecule has 0 saturated carbocycles. The number of rotatable bonds is 7. The summed E-state index contributed by atoms with van der Waals surface area (Å²) in [5.74, 6) is 2.67. The molecule has 0 radical (unpaired) electrons. The van der Waals surface area contributed by atoms with Gasteiger partial charge in [0.2, 0.25) is 17.6 Å². The zero-order valence-electron chi connectivity index (χ0n) is 14.0. The van der Waals surface area contributed by atoms with Crippen LogP contribution in [0.25, 0.3) is 11.4 Å². The summed E-state index contributed by atoms with van der Waals surface area (Å²) in [4.78, 5) is 16.2. The van der Waals surface area contributed by atoms with Gasteiger partial charge in [-0.25, -0.2) is 0 Å². The molecule has 0 fully saturated rings. The van der Waals surface area contributed by atoms with E-state index in [0.717, 1.165) is 12.0 Å². The number of hydrogen-bond donors (Lipinski definition) is 1. The minimum atomic E-state index is -0.159. The molecule has 0 saturated heterocycles. The van der Waals surface area contributed by atoms with Crippen molar-refractivity contribution >= 4 is 23.5 Å². The van der Waals surface area contributed by atoms with E-state index in [1.54, 1.807) is 13.0 Å². The fraction of sp³-hybridized carbons (Fsp3) is 0.294. The van der Waals surface area contributed by atoms with E-state index in [1.807, 2.05) is 12.1 Å². The Morgan fingerprint density at radius 3 is 2.68 bits per heavy atom. The van der Waals surface area contributed by atoms with Crippen LogP contribution in [0.2, 0.25) is 0 Å². The van der Waals surface area contributed by atoms with Crippen molar-refractivity contribution < 1.29 is 13.8 Å². The molecular weight excluding hydrogens is 340 g/mol. The highest BCUT2D eigenvalue weighted by Gasteiger charge is 2.11. The van der Waals surface area contributed by atoms with Gasteiger partial charge >= 0.3 is 0 Å². The van der Waals surface area contributed by atoms with Crippen molar-refractivity contribution in [2.75, 3.05) is 11.1 Å². The maximum atomic E-state index is 11.8. The summed E-state index contributed by atoms with van der Waals surface area (Å²) in [6.45, 7) is 3.87. The third-order valence-electron chi connectivity index (χ3n) is 3.44. The zero-order chi connectivity index (χ0) is 17.6. The summed E-state index contributed by atoms with van der Waals surface area (Å²) in [6, 6.07) is 9.73. The first-order chi connectivity index (χ1) is 12.1. The normalized spacial score (nSPS) is 10.8. The fourth-order valence-electron chi connectivity index (χ4n) is 2.16. The predicted molar refractivity (Wildman–Crippen MR) is 95.1 cm³/mol. The molecule has 0 bridgehead atoms. The second kappa shape index (κ2) is 7.98. The maximum Gasteiger partial charge on any atom is 0.236 e. The Balaban J connectivity index is 1.48. The van der Waals surface area contributed by atoms with E-state index in [-0.39, 0.29) is 11.7 Å². The van der Waals surface area contributed by atoms with Gasteiger partial charge in [0, 0.05) is 11.6 Å². The van der Waals surface area contributed by atoms with Gasteiger partial charge in [0.05, 0.1) is 11.5 Å². The summed E-state index contributed by atoms with van der Waals surface area (Å²) in [5.41, 5.74) is 2.17. The standard InChI is InChI=1S/C17H18N4O3S/c1-3-12-4-6-13(7-5-12)17-19-16(24-21-17)10-25-9-15(22)18-14-8-11(2)23-20-14/h4-8H,3,9-10H2,1-2H3,(H,18,20,22). The molecule has 2 aromatic heterocycles. The Hall–Kier alpha value is -2.61. The number of carbonyl (C=O) groups excluding carboxylic acids is 1. The van der Waals surface area contributed by atoms with E-state index in [9.17, 15) is 4.79 Å². The van der Waals surface area contributed by atoms with Crippen LogP contribution in [0.15, 0.2) is 39.4 Å². The van der Waals surface area contributed by atoms with Crippen LogP contribution in [-0.2, 0) is 17.0 Å². The van der Waals surface area contributed by atoms with Crippen LogP contribution < -0.4 is 5.32 Å². The number of nitrogens with one attached hydrogen (secondary N) is 1. The number of carbonyl (C=O) groups is 1. The van der Waals surface area contributed by atoms with Crippen LogP contribution in [0.3, 0.4) is 0 Å². The molecule has 2 heterocycles. The molecule has 0 unspecified atom stereocenters. The van der Waals surface area contributed by atoms with E-state index in [2.05, 4.69) is 39.7 Å². The number of aromatic nitrogens is 3. The highest BCUT2D eigenvalue weighted by atomic mass is 32.2. The molecule has 0 spiro atoms. The average molecular weight is 358 g/mol. The van der Waals surface area contributed by atoms with Crippen molar-refractivity contribution in [2.45, 2.75) is 26.0 Å². The van der Waals surface area contributed by atoms with Crippen LogP contribution in [0.1, 0.15) is 24.1 Å². The number of thioether (sulfide) groups is 1. The average Bonchev–Trinajstić information content (AvgIpc) is 3.24. The minimum Gasteiger partial charge on any atom is -0.360 e. The van der Waals surface area contributed by atoms with Crippen molar-refractivity contribution in [2.24, 2.45) is 0 Å². The SMILES string of the molecule is CCc1ccc(-c2noc(CSCC(=O)Nc3cc(C)on3)n2)cc1. The van der Waals surface area contributed by atoms with Crippen molar-refractivity contribution in [1.82, 2.24) is 15.3 Å². The summed E-state index contributed by atoms with van der Waals surface area (Å²) in [5, 5.41) is 10.4. The van der Waals surface area contributed by atoms with Gasteiger partial charge in [-0.3, -0.25) is 4.79 Å². The molecule has 130 valence electrons. The number of hydrogen-bond acceptors (Lipinski definition) is 7. The molecule has 3 rings (SSSR count). The summed E-state index contributed by atoms with van der Waals surface area (Å²) in [7, 11) is 0. The Morgan fingerprint density at radius 2 is 2.00 bits per heavy atom. The molecule has 1 N–H and O–H groups in total. The summed E-state index contributed by atoms with van der Waals surface area (Å²) >= 11 is 1.39. The topological polar surface area (TPSA) is 94.1 Å². The smallest absolute Gasteiger partial charge is 0.236 e. The van der Waals surface area contributed by atoms with Crippen molar-refractivity contribution in [3.63, 3.8) is 0 Å². The van der Waals surface area contributed by atoms with E-state index >= 15 is 0 Å². The van der Waals surface area contributed by atoms with E-state index in [0.29, 0.717) is 29.0 Å². The lowest BCUT2D eigenvalue weighted by atomic mass is 10.1. The Kier molecular flexibility index (Phi) is 5.49. The Labute approximate surface area is 149 Å². The highest BCUT2D eigenvalue weighted by Crippen LogP contribution is 2.19. The van der Waals surface area contributed by atoms with Gasteiger partial charge in [-0.05, 0) is 18.9 Å². The van der Waals surface area contributed by atoms with Crippen LogP contribution in [0, 0.1) is 6.92 Å². The molecule has 0 aliphatic heterocycles. The van der Waals surface area contributed by atoms with Gasteiger partial charge in [0.15, 0.2) is 5.82 Å². The van der Waals surface area contributed by atoms with E-state index < -0.39 is 0 Å². The van der Waals surface area contributed by atoms with E-state index in [4.69, 9.17) is 9.05 Å². The van der Waals surface area contributed by atoms with E-state index in [1.165, 1.54) is 17.3 Å². The fourth-order valence-corrected chi connectivity index (χ4v) is 2.81. The molecule has 0 aliphatic carbocycles. The van der Waals surface area contributed by atoms with Gasteiger partial charge in [-0.15, -0.1) is 11.8 Å². The first-order valence-corrected chi connectivity index (χ1v) is 9.02. The molecule has 3 aromatic rings. The lowest BCUT2D eigenvalue weighted by molar-refractivity contribution is -0.113. The molecule has 8 heteroatoms. The van der Waals surface area contributed by atoms with Crippen molar-refractivity contribution in [3.05, 3.63) is 47.5 Å². The number of amides is 1. The second-order valence-electron chi connectivity index (χ2n) is 5.43. The van der Waals surface area contributed by atoms with Crippen LogP contribution in [0.5, 0.6) is 0 Å². The number of anilines is 1. The lowest BCUT2D eigenvalue weighted by Crippen LogP contribution is -2.14. The molecule has 25 heavy (non-hydrogen) atoms. The van der Waals surface area contributed by atoms with Gasteiger partial charge in [-0.2, -0.15) is 4.98 Å². The summed E-state index contributed by atoms with van der Waals surface area (Å²) in [6.07, 6.45) is 0.990. The lowest BCUT2D eigenvalue weighted by Gasteiger charge is -1.99. The van der Waals surface area contributed by atoms with Gasteiger partial charge in [-0.1, -0.05) is 41.5 Å². The highest BCUT2D eigenvalue weighted by molar-refractivity contribution is 7.99. The number of benzene rings is 1. The largest absolute Gasteiger partial charge is 0.360 e. The van der Waals surface area contributed by atoms with Crippen molar-refractivity contribution in [3.8, 4) is 11.4 Å². The number of nitrogens with zero attached hydrogens (tertiary/aromatic N) is 3. The van der Waals surface area contributed by atoms with Gasteiger partial charge in [0.1, 0.15) is 5.76 Å². The minimum absolute atomic E-state index is 0.159. The van der Waals surface area contributed by atoms with Gasteiger partial charge in [0.25, 0.3) is 0 Å². The Bertz CT molecular complexity index is 842. The molecular formula is C17H18N4O3S. The third-order valence-corrected chi connectivity index (χ3v) is 4.36. The van der Waals surface area contributed by atoms with Crippen LogP contribution in [0.4, 0.5) is 5.82 Å². The quantitative estimate of drug-likeness (QED) is 0.691. The van der Waals surface area contributed by atoms with Crippen molar-refractivity contribution in [1.29, 1.82) is 0 Å². The Morgan fingerprint density at radius 1 is 1.20 bits per heavy atom. The third kappa shape index (κ3) is 4.69. The first-order valence-electron chi connectivity index (χ1n) is 7.87. The first kappa shape index (κ1) is 17.2. The monoisotopic (exact) mass is 358 g/mol. The zero-order valence-corrected chi connectivity index (χ0v) is 14.8. The molecule has 0 atom stereocenters. The molecule has 1 aromatic carbocycles. The van der Waals surface area contributed by atoms with Crippen LogP contribution >= 0.6 is 11.8 Å². The predicted octanol–water partition coefficient (Wildman–Crippen LogP) is 3.47. The second-order valence-corrected chi connectivity index (χ2v) is 6.41. The molecule has 7 nitrogen and oxygen atoms in total. The number of aryl methyl sites for hydroxylation is 2. The maximum absolute atomic E-state index is 11.8. The van der Waals surface area contributed by atoms with Gasteiger partial charge < -0.3 is 14.4 Å². The van der Waals surface area contributed by atoms with Crippen LogP contribution in [-0.4, -0.2) is 27.0 Å². The molecule has 0 aliphatic rings.